The van der Waals surface area contributed by atoms with Gasteiger partial charge in [-0.05, 0) is 69.0 Å². The highest BCUT2D eigenvalue weighted by atomic mass is 32.1. The Kier molecular flexibility index (Phi) is 5.33. The van der Waals surface area contributed by atoms with Gasteiger partial charge in [-0.3, -0.25) is 9.69 Å². The third-order valence-electron chi connectivity index (χ3n) is 6.09. The number of rotatable bonds is 4. The van der Waals surface area contributed by atoms with E-state index in [2.05, 4.69) is 28.9 Å². The molecule has 1 spiro atoms. The molecule has 1 amide bonds. The van der Waals surface area contributed by atoms with Crippen molar-refractivity contribution in [2.24, 2.45) is 0 Å². The van der Waals surface area contributed by atoms with E-state index in [1.807, 2.05) is 17.4 Å². The van der Waals surface area contributed by atoms with E-state index in [1.54, 1.807) is 12.1 Å². The molecule has 1 atom stereocenters. The fraction of sp³-hybridized carbons (Fsp3) is 0.500. The highest BCUT2D eigenvalue weighted by molar-refractivity contribution is 7.11. The van der Waals surface area contributed by atoms with Crippen molar-refractivity contribution in [3.05, 3.63) is 57.5 Å². The van der Waals surface area contributed by atoms with Crippen LogP contribution in [0.1, 0.15) is 47.4 Å². The monoisotopic (exact) mass is 386 g/mol. The SMILES string of the molecule is Cc1ccc(CN2CCC[C@]3(CCC(=O)N3Cc3cccc(F)c3)CC2)s1. The molecule has 2 aliphatic rings. The predicted molar refractivity (Wildman–Crippen MR) is 107 cm³/mol. The van der Waals surface area contributed by atoms with Crippen molar-refractivity contribution in [1.82, 2.24) is 9.80 Å². The topological polar surface area (TPSA) is 23.6 Å². The van der Waals surface area contributed by atoms with Crippen LogP contribution in [0, 0.1) is 12.7 Å². The summed E-state index contributed by atoms with van der Waals surface area (Å²) in [6, 6.07) is 11.1. The summed E-state index contributed by atoms with van der Waals surface area (Å²) in [7, 11) is 0. The maximum Gasteiger partial charge on any atom is 0.223 e. The molecule has 2 saturated heterocycles. The van der Waals surface area contributed by atoms with E-state index in [0.717, 1.165) is 50.9 Å². The number of nitrogens with zero attached hydrogens (tertiary/aromatic N) is 2. The first-order valence-corrected chi connectivity index (χ1v) is 10.7. The standard InChI is InChI=1S/C22H27FN2OS/c1-17-6-7-20(27-17)16-24-12-3-9-22(11-13-24)10-8-21(26)25(22)15-18-4-2-5-19(23)14-18/h2,4-7,14H,3,8-13,15-16H2,1H3/t22-/m0/s1. The molecule has 2 fully saturated rings. The lowest BCUT2D eigenvalue weighted by Crippen LogP contribution is -2.45. The third-order valence-corrected chi connectivity index (χ3v) is 7.08. The molecule has 0 unspecified atom stereocenters. The van der Waals surface area contributed by atoms with Crippen molar-refractivity contribution < 1.29 is 9.18 Å². The lowest BCUT2D eigenvalue weighted by atomic mass is 9.87. The Balaban J connectivity index is 1.46. The maximum atomic E-state index is 13.6. The highest BCUT2D eigenvalue weighted by Crippen LogP contribution is 2.40. The van der Waals surface area contributed by atoms with Crippen LogP contribution in [0.3, 0.4) is 0 Å². The average molecular weight is 387 g/mol. The highest BCUT2D eigenvalue weighted by Gasteiger charge is 2.45. The van der Waals surface area contributed by atoms with E-state index in [1.165, 1.54) is 15.8 Å². The van der Waals surface area contributed by atoms with Gasteiger partial charge in [0, 0.05) is 41.3 Å². The maximum absolute atomic E-state index is 13.6. The van der Waals surface area contributed by atoms with Crippen LogP contribution in [0.2, 0.25) is 0 Å². The quantitative estimate of drug-likeness (QED) is 0.757. The molecular formula is C22H27FN2OS. The van der Waals surface area contributed by atoms with Crippen molar-refractivity contribution in [3.63, 3.8) is 0 Å². The first-order chi connectivity index (χ1) is 13.0. The van der Waals surface area contributed by atoms with Gasteiger partial charge in [-0.2, -0.15) is 0 Å². The third kappa shape index (κ3) is 4.09. The summed E-state index contributed by atoms with van der Waals surface area (Å²) in [4.78, 5) is 20.0. The van der Waals surface area contributed by atoms with Gasteiger partial charge in [0.2, 0.25) is 5.91 Å². The molecule has 27 heavy (non-hydrogen) atoms. The van der Waals surface area contributed by atoms with Crippen LogP contribution in [0.25, 0.3) is 0 Å². The zero-order valence-electron chi connectivity index (χ0n) is 15.9. The van der Waals surface area contributed by atoms with Gasteiger partial charge in [0.25, 0.3) is 0 Å². The van der Waals surface area contributed by atoms with Gasteiger partial charge in [-0.25, -0.2) is 4.39 Å². The fourth-order valence-electron chi connectivity index (χ4n) is 4.65. The smallest absolute Gasteiger partial charge is 0.223 e. The number of hydrogen-bond donors (Lipinski definition) is 0. The molecule has 144 valence electrons. The zero-order valence-corrected chi connectivity index (χ0v) is 16.7. The first-order valence-electron chi connectivity index (χ1n) is 9.87. The molecule has 1 aromatic carbocycles. The first kappa shape index (κ1) is 18.6. The molecule has 0 saturated carbocycles. The second-order valence-electron chi connectivity index (χ2n) is 7.98. The largest absolute Gasteiger partial charge is 0.333 e. The Morgan fingerprint density at radius 2 is 2.00 bits per heavy atom. The van der Waals surface area contributed by atoms with Crippen molar-refractivity contribution in [3.8, 4) is 0 Å². The summed E-state index contributed by atoms with van der Waals surface area (Å²) in [6.07, 6.45) is 4.73. The average Bonchev–Trinajstić information content (AvgIpc) is 3.10. The second kappa shape index (κ2) is 7.72. The zero-order chi connectivity index (χ0) is 18.9. The molecule has 3 heterocycles. The number of benzene rings is 1. The number of likely N-dealkylation sites (tertiary alicyclic amines) is 2. The Morgan fingerprint density at radius 3 is 2.78 bits per heavy atom. The molecule has 1 aromatic heterocycles. The molecule has 2 aromatic rings. The number of halogens is 1. The van der Waals surface area contributed by atoms with E-state index in [9.17, 15) is 9.18 Å². The lowest BCUT2D eigenvalue weighted by Gasteiger charge is -2.38. The van der Waals surface area contributed by atoms with Gasteiger partial charge in [0.05, 0.1) is 0 Å². The number of carbonyl (C=O) groups is 1. The summed E-state index contributed by atoms with van der Waals surface area (Å²) in [5, 5.41) is 0. The van der Waals surface area contributed by atoms with E-state index >= 15 is 0 Å². The molecule has 0 aliphatic carbocycles. The molecule has 0 N–H and O–H groups in total. The Morgan fingerprint density at radius 1 is 1.11 bits per heavy atom. The second-order valence-corrected chi connectivity index (χ2v) is 9.35. The van der Waals surface area contributed by atoms with Crippen LogP contribution >= 0.6 is 11.3 Å². The van der Waals surface area contributed by atoms with Crippen LogP contribution in [0.5, 0.6) is 0 Å². The summed E-state index contributed by atoms with van der Waals surface area (Å²) in [5.41, 5.74) is 0.837. The molecule has 4 rings (SSSR count). The van der Waals surface area contributed by atoms with Crippen molar-refractivity contribution in [1.29, 1.82) is 0 Å². The van der Waals surface area contributed by atoms with Crippen molar-refractivity contribution in [2.75, 3.05) is 13.1 Å². The summed E-state index contributed by atoms with van der Waals surface area (Å²) < 4.78 is 13.6. The fourth-order valence-corrected chi connectivity index (χ4v) is 5.58. The van der Waals surface area contributed by atoms with Gasteiger partial charge < -0.3 is 4.90 Å². The van der Waals surface area contributed by atoms with Gasteiger partial charge in [0.15, 0.2) is 0 Å². The molecule has 0 radical (unpaired) electrons. The van der Waals surface area contributed by atoms with E-state index in [-0.39, 0.29) is 17.3 Å². The minimum Gasteiger partial charge on any atom is -0.333 e. The Labute approximate surface area is 164 Å². The number of amides is 1. The van der Waals surface area contributed by atoms with Gasteiger partial charge in [-0.1, -0.05) is 12.1 Å². The van der Waals surface area contributed by atoms with Crippen LogP contribution in [-0.2, 0) is 17.9 Å². The predicted octanol–water partition coefficient (Wildman–Crippen LogP) is 4.74. The number of thiophene rings is 1. The number of hydrogen-bond acceptors (Lipinski definition) is 3. The Bertz CT molecular complexity index is 820. The van der Waals surface area contributed by atoms with Gasteiger partial charge in [-0.15, -0.1) is 11.3 Å². The molecule has 3 nitrogen and oxygen atoms in total. The van der Waals surface area contributed by atoms with Gasteiger partial charge >= 0.3 is 0 Å². The Hall–Kier alpha value is -1.72. The minimum absolute atomic E-state index is 0.0521. The molecule has 0 bridgehead atoms. The van der Waals surface area contributed by atoms with Crippen molar-refractivity contribution >= 4 is 17.2 Å². The van der Waals surface area contributed by atoms with E-state index in [0.29, 0.717) is 13.0 Å². The number of carbonyl (C=O) groups excluding carboxylic acids is 1. The number of aryl methyl sites for hydroxylation is 1. The van der Waals surface area contributed by atoms with Crippen LogP contribution in [0.4, 0.5) is 4.39 Å². The lowest BCUT2D eigenvalue weighted by molar-refractivity contribution is -0.132. The van der Waals surface area contributed by atoms with Crippen LogP contribution in [0.15, 0.2) is 36.4 Å². The van der Waals surface area contributed by atoms with Gasteiger partial charge in [0.1, 0.15) is 5.82 Å². The molecular weight excluding hydrogens is 359 g/mol. The van der Waals surface area contributed by atoms with E-state index < -0.39 is 0 Å². The molecule has 2 aliphatic heterocycles. The van der Waals surface area contributed by atoms with Crippen LogP contribution in [-0.4, -0.2) is 34.3 Å². The van der Waals surface area contributed by atoms with Crippen LogP contribution < -0.4 is 0 Å². The summed E-state index contributed by atoms with van der Waals surface area (Å²) >= 11 is 1.87. The molecule has 5 heteroatoms. The normalized spacial score (nSPS) is 23.9. The summed E-state index contributed by atoms with van der Waals surface area (Å²) in [6.45, 7) is 5.79. The minimum atomic E-state index is -0.230. The van der Waals surface area contributed by atoms with Crippen molar-refractivity contribution in [2.45, 2.75) is 57.7 Å². The summed E-state index contributed by atoms with van der Waals surface area (Å²) in [5.74, 6) is -0.00642. The van der Waals surface area contributed by atoms with E-state index in [4.69, 9.17) is 0 Å².